The molecule has 0 aliphatic heterocycles. The number of nitrogens with zero attached hydrogens (tertiary/aromatic N) is 1. The molecule has 0 saturated heterocycles. The lowest BCUT2D eigenvalue weighted by Gasteiger charge is -2.24. The van der Waals surface area contributed by atoms with Gasteiger partial charge in [-0.15, -0.1) is 0 Å². The highest BCUT2D eigenvalue weighted by molar-refractivity contribution is 7.92. The molecule has 0 aliphatic rings. The second-order valence-corrected chi connectivity index (χ2v) is 9.52. The minimum Gasteiger partial charge on any atom is -0.455 e. The van der Waals surface area contributed by atoms with Crippen LogP contribution in [0, 0.1) is 0 Å². The van der Waals surface area contributed by atoms with Crippen LogP contribution in [-0.2, 0) is 20.0 Å². The Labute approximate surface area is 154 Å². The topological polar surface area (TPSA) is 92.8 Å². The third-order valence-corrected chi connectivity index (χ3v) is 6.11. The van der Waals surface area contributed by atoms with Crippen molar-refractivity contribution in [2.45, 2.75) is 6.92 Å². The Morgan fingerprint density at radius 2 is 1.58 bits per heavy atom. The van der Waals surface area contributed by atoms with Crippen molar-refractivity contribution in [2.75, 3.05) is 29.4 Å². The summed E-state index contributed by atoms with van der Waals surface area (Å²) in [6.07, 6.45) is 1.07. The summed E-state index contributed by atoms with van der Waals surface area (Å²) in [7, 11) is -7.04. The van der Waals surface area contributed by atoms with Gasteiger partial charge < -0.3 is 4.74 Å². The van der Waals surface area contributed by atoms with Gasteiger partial charge in [0.2, 0.25) is 20.0 Å². The normalized spacial score (nSPS) is 11.9. The molecule has 0 spiro atoms. The van der Waals surface area contributed by atoms with E-state index < -0.39 is 20.0 Å². The monoisotopic (exact) mass is 398 g/mol. The largest absolute Gasteiger partial charge is 0.455 e. The van der Waals surface area contributed by atoms with Crippen LogP contribution in [0.4, 0.5) is 5.69 Å². The average molecular weight is 399 g/mol. The van der Waals surface area contributed by atoms with Gasteiger partial charge in [-0.1, -0.05) is 30.3 Å². The molecule has 0 unspecified atom stereocenters. The number of hydrogen-bond donors (Lipinski definition) is 1. The minimum atomic E-state index is -3.64. The van der Waals surface area contributed by atoms with E-state index in [9.17, 15) is 16.8 Å². The zero-order valence-electron chi connectivity index (χ0n) is 14.6. The maximum Gasteiger partial charge on any atom is 0.232 e. The second-order valence-electron chi connectivity index (χ2n) is 5.52. The Bertz CT molecular complexity index is 929. The number of rotatable bonds is 9. The van der Waals surface area contributed by atoms with Crippen molar-refractivity contribution in [1.29, 1.82) is 0 Å². The van der Waals surface area contributed by atoms with Crippen LogP contribution in [0.5, 0.6) is 11.5 Å². The standard InChI is InChI=1S/C17H22N2O5S2/c1-3-26(22,23)18-13-14-19(25(2,20)21)16-11-7-8-12-17(16)24-15-9-5-4-6-10-15/h4-12,18H,3,13-14H2,1-2H3. The van der Waals surface area contributed by atoms with Gasteiger partial charge in [0.1, 0.15) is 5.75 Å². The molecule has 0 atom stereocenters. The number of nitrogens with one attached hydrogen (secondary N) is 1. The number of benzene rings is 2. The quantitative estimate of drug-likeness (QED) is 0.699. The molecule has 7 nitrogen and oxygen atoms in total. The Kier molecular flexibility index (Phi) is 6.63. The van der Waals surface area contributed by atoms with E-state index in [-0.39, 0.29) is 18.8 Å². The molecule has 26 heavy (non-hydrogen) atoms. The van der Waals surface area contributed by atoms with E-state index in [1.54, 1.807) is 36.4 Å². The van der Waals surface area contributed by atoms with Crippen molar-refractivity contribution in [3.63, 3.8) is 0 Å². The van der Waals surface area contributed by atoms with Crippen LogP contribution >= 0.6 is 0 Å². The van der Waals surface area contributed by atoms with Crippen molar-refractivity contribution in [1.82, 2.24) is 4.72 Å². The van der Waals surface area contributed by atoms with E-state index in [0.29, 0.717) is 17.2 Å². The summed E-state index contributed by atoms with van der Waals surface area (Å²) in [4.78, 5) is 0. The summed E-state index contributed by atoms with van der Waals surface area (Å²) in [6.45, 7) is 1.43. The summed E-state index contributed by atoms with van der Waals surface area (Å²) < 4.78 is 57.0. The molecule has 9 heteroatoms. The predicted octanol–water partition coefficient (Wildman–Crippen LogP) is 2.18. The van der Waals surface area contributed by atoms with Crippen LogP contribution in [0.15, 0.2) is 54.6 Å². The van der Waals surface area contributed by atoms with Crippen molar-refractivity contribution in [3.8, 4) is 11.5 Å². The van der Waals surface area contributed by atoms with E-state index in [2.05, 4.69) is 4.72 Å². The molecule has 0 radical (unpaired) electrons. The summed E-state index contributed by atoms with van der Waals surface area (Å²) in [5.74, 6) is 0.863. The van der Waals surface area contributed by atoms with Gasteiger partial charge in [0.05, 0.1) is 17.7 Å². The molecule has 0 fully saturated rings. The van der Waals surface area contributed by atoms with Crippen molar-refractivity contribution < 1.29 is 21.6 Å². The zero-order chi connectivity index (χ0) is 19.2. The van der Waals surface area contributed by atoms with E-state index in [4.69, 9.17) is 4.74 Å². The first-order valence-electron chi connectivity index (χ1n) is 8.00. The second kappa shape index (κ2) is 8.52. The number of anilines is 1. The lowest BCUT2D eigenvalue weighted by molar-refractivity contribution is 0.482. The van der Waals surface area contributed by atoms with Crippen molar-refractivity contribution in [2.24, 2.45) is 0 Å². The summed E-state index contributed by atoms with van der Waals surface area (Å²) in [5, 5.41) is 0. The smallest absolute Gasteiger partial charge is 0.232 e. The Balaban J connectivity index is 2.28. The maximum absolute atomic E-state index is 12.3. The van der Waals surface area contributed by atoms with Gasteiger partial charge in [-0.25, -0.2) is 21.6 Å². The van der Waals surface area contributed by atoms with Crippen LogP contribution in [0.3, 0.4) is 0 Å². The van der Waals surface area contributed by atoms with E-state index >= 15 is 0 Å². The zero-order valence-corrected chi connectivity index (χ0v) is 16.3. The molecular weight excluding hydrogens is 376 g/mol. The first-order chi connectivity index (χ1) is 12.2. The molecule has 0 aliphatic carbocycles. The van der Waals surface area contributed by atoms with E-state index in [0.717, 1.165) is 10.6 Å². The average Bonchev–Trinajstić information content (AvgIpc) is 2.59. The minimum absolute atomic E-state index is 0.0388. The summed E-state index contributed by atoms with van der Waals surface area (Å²) in [5.41, 5.74) is 0.342. The fourth-order valence-electron chi connectivity index (χ4n) is 2.23. The molecule has 1 N–H and O–H groups in total. The first kappa shape index (κ1) is 20.2. The van der Waals surface area contributed by atoms with Crippen LogP contribution < -0.4 is 13.8 Å². The fraction of sp³-hybridized carbons (Fsp3) is 0.294. The van der Waals surface area contributed by atoms with Crippen LogP contribution in [0.2, 0.25) is 0 Å². The number of sulfonamides is 2. The highest BCUT2D eigenvalue weighted by Crippen LogP contribution is 2.33. The summed E-state index contributed by atoms with van der Waals surface area (Å²) >= 11 is 0. The predicted molar refractivity (Wildman–Crippen MR) is 103 cm³/mol. The SMILES string of the molecule is CCS(=O)(=O)NCCN(c1ccccc1Oc1ccccc1)S(C)(=O)=O. The number of ether oxygens (including phenoxy) is 1. The Morgan fingerprint density at radius 3 is 2.19 bits per heavy atom. The van der Waals surface area contributed by atoms with Crippen molar-refractivity contribution in [3.05, 3.63) is 54.6 Å². The molecule has 142 valence electrons. The molecule has 0 aromatic heterocycles. The number of hydrogen-bond acceptors (Lipinski definition) is 5. The maximum atomic E-state index is 12.3. The van der Waals surface area contributed by atoms with Crippen LogP contribution in [-0.4, -0.2) is 41.9 Å². The molecule has 0 saturated carbocycles. The Morgan fingerprint density at radius 1 is 0.962 bits per heavy atom. The highest BCUT2D eigenvalue weighted by Gasteiger charge is 2.21. The van der Waals surface area contributed by atoms with Crippen LogP contribution in [0.1, 0.15) is 6.92 Å². The van der Waals surface area contributed by atoms with Gasteiger partial charge in [-0.3, -0.25) is 4.31 Å². The first-order valence-corrected chi connectivity index (χ1v) is 11.5. The van der Waals surface area contributed by atoms with Gasteiger partial charge in [-0.05, 0) is 31.2 Å². The van der Waals surface area contributed by atoms with Crippen molar-refractivity contribution >= 4 is 25.7 Å². The fourth-order valence-corrected chi connectivity index (χ4v) is 3.77. The molecule has 0 bridgehead atoms. The van der Waals surface area contributed by atoms with Gasteiger partial charge in [-0.2, -0.15) is 0 Å². The molecule has 0 amide bonds. The van der Waals surface area contributed by atoms with Gasteiger partial charge in [0.25, 0.3) is 0 Å². The van der Waals surface area contributed by atoms with Crippen LogP contribution in [0.25, 0.3) is 0 Å². The molecule has 2 aromatic carbocycles. The highest BCUT2D eigenvalue weighted by atomic mass is 32.2. The lowest BCUT2D eigenvalue weighted by atomic mass is 10.3. The molecule has 2 rings (SSSR count). The molecule has 2 aromatic rings. The lowest BCUT2D eigenvalue weighted by Crippen LogP contribution is -2.38. The Hall–Kier alpha value is -2.10. The number of para-hydroxylation sites is 3. The van der Waals surface area contributed by atoms with E-state index in [1.165, 1.54) is 6.92 Å². The molecule has 0 heterocycles. The van der Waals surface area contributed by atoms with E-state index in [1.807, 2.05) is 18.2 Å². The molecular formula is C17H22N2O5S2. The van der Waals surface area contributed by atoms with Gasteiger partial charge >= 0.3 is 0 Å². The summed E-state index contributed by atoms with van der Waals surface area (Å²) in [6, 6.07) is 15.7. The third kappa shape index (κ3) is 5.72. The van der Waals surface area contributed by atoms with Gasteiger partial charge in [0.15, 0.2) is 5.75 Å². The van der Waals surface area contributed by atoms with Gasteiger partial charge in [0, 0.05) is 13.1 Å². The third-order valence-electron chi connectivity index (χ3n) is 3.52.